The molecule has 0 aliphatic carbocycles. The molecule has 0 amide bonds. The zero-order valence-corrected chi connectivity index (χ0v) is 26.6. The first-order chi connectivity index (χ1) is 23.7. The van der Waals surface area contributed by atoms with Gasteiger partial charge in [-0.05, 0) is 22.8 Å². The lowest BCUT2D eigenvalue weighted by atomic mass is 9.90. The van der Waals surface area contributed by atoms with Gasteiger partial charge in [0.05, 0.1) is 0 Å². The first-order valence-electron chi connectivity index (χ1n) is 14.1. The molecule has 1 fully saturated rings. The van der Waals surface area contributed by atoms with Crippen molar-refractivity contribution in [1.82, 2.24) is 14.8 Å². The lowest BCUT2D eigenvalue weighted by Crippen LogP contribution is -2.53. The van der Waals surface area contributed by atoms with E-state index in [2.05, 4.69) is 14.8 Å². The molecule has 0 saturated carbocycles. The molecule has 0 atom stereocenters. The summed E-state index contributed by atoms with van der Waals surface area (Å²) in [5.74, 6) is -6.03. The minimum absolute atomic E-state index is 0.148. The highest BCUT2D eigenvalue weighted by Crippen LogP contribution is 2.50. The molecule has 52 heavy (non-hydrogen) atoms. The minimum Gasteiger partial charge on any atom is -0.475 e. The number of carboxylic acid groups (broad SMARTS) is 2. The molecular formula is C30H25ClF13N3O5. The van der Waals surface area contributed by atoms with Gasteiger partial charge in [0.25, 0.3) is 5.60 Å². The molecule has 22 heteroatoms. The molecule has 1 saturated heterocycles. The number of rotatable bonds is 6. The summed E-state index contributed by atoms with van der Waals surface area (Å²) in [6.45, 7) is 4.04. The highest BCUT2D eigenvalue weighted by molar-refractivity contribution is 6.29. The van der Waals surface area contributed by atoms with Gasteiger partial charge in [0.2, 0.25) is 0 Å². The molecule has 1 aromatic heterocycles. The molecule has 4 rings (SSSR count). The molecule has 3 aromatic rings. The van der Waals surface area contributed by atoms with Crippen LogP contribution >= 0.6 is 11.6 Å². The fourth-order valence-electron chi connectivity index (χ4n) is 4.38. The molecular weight excluding hydrogens is 765 g/mol. The van der Waals surface area contributed by atoms with Crippen molar-refractivity contribution in [3.8, 4) is 11.1 Å². The van der Waals surface area contributed by atoms with Gasteiger partial charge in [-0.15, -0.1) is 0 Å². The predicted molar refractivity (Wildman–Crippen MR) is 155 cm³/mol. The van der Waals surface area contributed by atoms with E-state index in [1.165, 1.54) is 6.20 Å². The standard InChI is InChI=1S/C26H23ClF7N3O.2C2HF3O2/c27-23-22(28)20(9-10-35-23)16-37-13-11-36(12-14-37)15-17-1-3-18(4-2-17)19-5-7-21(8-6-19)24(38,25(29,30)31)26(32,33)34;2*3-2(4,5)1(6)7/h1-10,38H,11-16H2;2*(H,6,7). The number of halogens is 14. The molecule has 0 radical (unpaired) electrons. The van der Waals surface area contributed by atoms with Gasteiger partial charge in [0.1, 0.15) is 0 Å². The van der Waals surface area contributed by atoms with E-state index in [0.29, 0.717) is 41.9 Å². The Morgan fingerprint density at radius 3 is 1.38 bits per heavy atom. The number of hydrogen-bond donors (Lipinski definition) is 3. The average Bonchev–Trinajstić information content (AvgIpc) is 3.03. The normalized spacial score (nSPS) is 14.8. The van der Waals surface area contributed by atoms with Crippen molar-refractivity contribution in [2.75, 3.05) is 26.2 Å². The topological polar surface area (TPSA) is 114 Å². The summed E-state index contributed by atoms with van der Waals surface area (Å²) in [5, 5.41) is 23.6. The average molecular weight is 790 g/mol. The van der Waals surface area contributed by atoms with Crippen molar-refractivity contribution in [3.63, 3.8) is 0 Å². The van der Waals surface area contributed by atoms with Crippen LogP contribution in [0.25, 0.3) is 11.1 Å². The van der Waals surface area contributed by atoms with Gasteiger partial charge in [0.15, 0.2) is 11.0 Å². The maximum Gasteiger partial charge on any atom is 0.490 e. The molecule has 1 aliphatic rings. The largest absolute Gasteiger partial charge is 0.490 e. The van der Waals surface area contributed by atoms with Crippen LogP contribution < -0.4 is 0 Å². The molecule has 8 nitrogen and oxygen atoms in total. The van der Waals surface area contributed by atoms with E-state index in [1.54, 1.807) is 18.2 Å². The number of benzene rings is 2. The van der Waals surface area contributed by atoms with E-state index in [4.69, 9.17) is 31.4 Å². The van der Waals surface area contributed by atoms with Crippen LogP contribution in [0.5, 0.6) is 0 Å². The van der Waals surface area contributed by atoms with Crippen molar-refractivity contribution in [1.29, 1.82) is 0 Å². The molecule has 0 unspecified atom stereocenters. The first kappa shape index (κ1) is 44.0. The van der Waals surface area contributed by atoms with Crippen LogP contribution in [0.2, 0.25) is 5.15 Å². The lowest BCUT2D eigenvalue weighted by Gasteiger charge is -2.34. The Hall–Kier alpha value is -4.21. The highest BCUT2D eigenvalue weighted by Gasteiger charge is 2.71. The van der Waals surface area contributed by atoms with E-state index in [1.807, 2.05) is 12.1 Å². The van der Waals surface area contributed by atoms with Crippen molar-refractivity contribution < 1.29 is 82.0 Å². The zero-order valence-electron chi connectivity index (χ0n) is 25.8. The van der Waals surface area contributed by atoms with Gasteiger partial charge in [0, 0.05) is 56.6 Å². The van der Waals surface area contributed by atoms with Gasteiger partial charge < -0.3 is 15.3 Å². The Balaban J connectivity index is 0.000000564. The van der Waals surface area contributed by atoms with E-state index in [9.17, 15) is 62.2 Å². The van der Waals surface area contributed by atoms with Gasteiger partial charge in [-0.25, -0.2) is 19.0 Å². The summed E-state index contributed by atoms with van der Waals surface area (Å²) in [6, 6.07) is 12.3. The molecule has 0 spiro atoms. The Kier molecular flexibility index (Phi) is 14.4. The third-order valence-electron chi connectivity index (χ3n) is 7.09. The van der Waals surface area contributed by atoms with Gasteiger partial charge in [-0.2, -0.15) is 52.7 Å². The van der Waals surface area contributed by atoms with E-state index < -0.39 is 53.6 Å². The summed E-state index contributed by atoms with van der Waals surface area (Å²) in [7, 11) is 0. The van der Waals surface area contributed by atoms with E-state index >= 15 is 0 Å². The van der Waals surface area contributed by atoms with Crippen LogP contribution in [0.3, 0.4) is 0 Å². The van der Waals surface area contributed by atoms with Crippen molar-refractivity contribution in [2.24, 2.45) is 0 Å². The number of piperazine rings is 1. The second-order valence-corrected chi connectivity index (χ2v) is 11.1. The lowest BCUT2D eigenvalue weighted by molar-refractivity contribution is -0.376. The van der Waals surface area contributed by atoms with Gasteiger partial charge in [-0.1, -0.05) is 60.1 Å². The number of alkyl halides is 12. The minimum atomic E-state index is -5.93. The fourth-order valence-corrected chi connectivity index (χ4v) is 4.55. The number of carboxylic acids is 2. The number of carbonyl (C=O) groups is 2. The molecule has 288 valence electrons. The molecule has 0 bridgehead atoms. The number of aromatic nitrogens is 1. The van der Waals surface area contributed by atoms with Gasteiger partial charge >= 0.3 is 36.6 Å². The van der Waals surface area contributed by atoms with Crippen LogP contribution in [-0.2, 0) is 28.3 Å². The first-order valence-corrected chi connectivity index (χ1v) is 14.5. The smallest absolute Gasteiger partial charge is 0.475 e. The summed E-state index contributed by atoms with van der Waals surface area (Å²) in [5.41, 5.74) is -3.77. The number of aliphatic carboxylic acids is 2. The zero-order chi connectivity index (χ0) is 39.9. The Labute approximate surface area is 289 Å². The van der Waals surface area contributed by atoms with Crippen molar-refractivity contribution in [3.05, 3.63) is 88.5 Å². The molecule has 3 N–H and O–H groups in total. The third-order valence-corrected chi connectivity index (χ3v) is 7.35. The van der Waals surface area contributed by atoms with E-state index in [0.717, 1.165) is 43.9 Å². The number of pyridine rings is 1. The molecule has 2 aromatic carbocycles. The van der Waals surface area contributed by atoms with Crippen LogP contribution in [0.4, 0.5) is 57.1 Å². The second-order valence-electron chi connectivity index (χ2n) is 10.7. The number of hydrogen-bond acceptors (Lipinski definition) is 6. The van der Waals surface area contributed by atoms with Crippen LogP contribution in [0.15, 0.2) is 60.8 Å². The summed E-state index contributed by atoms with van der Waals surface area (Å²) >= 11 is 5.75. The summed E-state index contributed by atoms with van der Waals surface area (Å²) in [6.07, 6.45) is -20.6. The van der Waals surface area contributed by atoms with Crippen molar-refractivity contribution in [2.45, 2.75) is 43.4 Å². The summed E-state index contributed by atoms with van der Waals surface area (Å²) < 4.78 is 156. The maximum absolute atomic E-state index is 14.1. The second kappa shape index (κ2) is 17.1. The van der Waals surface area contributed by atoms with Crippen molar-refractivity contribution >= 4 is 23.5 Å². The highest BCUT2D eigenvalue weighted by atomic mass is 35.5. The van der Waals surface area contributed by atoms with Crippen LogP contribution in [-0.4, -0.2) is 92.9 Å². The monoisotopic (exact) mass is 789 g/mol. The third kappa shape index (κ3) is 11.9. The predicted octanol–water partition coefficient (Wildman–Crippen LogP) is 7.44. The molecule has 2 heterocycles. The Bertz CT molecular complexity index is 1600. The van der Waals surface area contributed by atoms with Crippen LogP contribution in [0.1, 0.15) is 16.7 Å². The maximum atomic E-state index is 14.1. The summed E-state index contributed by atoms with van der Waals surface area (Å²) in [4.78, 5) is 25.9. The van der Waals surface area contributed by atoms with Crippen LogP contribution in [0, 0.1) is 5.82 Å². The number of nitrogens with zero attached hydrogens (tertiary/aromatic N) is 3. The Morgan fingerprint density at radius 2 is 1.02 bits per heavy atom. The van der Waals surface area contributed by atoms with E-state index in [-0.39, 0.29) is 5.15 Å². The fraction of sp³-hybridized carbons (Fsp3) is 0.367. The SMILES string of the molecule is O=C(O)C(F)(F)F.O=C(O)C(F)(F)F.OC(c1ccc(-c2ccc(CN3CCN(Cc4ccnc(Cl)c4F)CC3)cc2)cc1)(C(F)(F)F)C(F)(F)F. The quantitative estimate of drug-likeness (QED) is 0.175. The van der Waals surface area contributed by atoms with Gasteiger partial charge in [-0.3, -0.25) is 9.80 Å². The Morgan fingerprint density at radius 1 is 0.654 bits per heavy atom. The number of aliphatic hydroxyl groups is 1. The molecule has 1 aliphatic heterocycles.